The van der Waals surface area contributed by atoms with Crippen molar-refractivity contribution in [3.8, 4) is 5.75 Å². The molecule has 0 saturated heterocycles. The fourth-order valence-electron chi connectivity index (χ4n) is 1.66. The minimum absolute atomic E-state index is 0.249. The van der Waals surface area contributed by atoms with E-state index in [0.29, 0.717) is 23.7 Å². The van der Waals surface area contributed by atoms with Crippen molar-refractivity contribution in [2.45, 2.75) is 26.4 Å². The van der Waals surface area contributed by atoms with Gasteiger partial charge in [-0.05, 0) is 31.5 Å². The molecule has 20 heavy (non-hydrogen) atoms. The monoisotopic (exact) mass is 338 g/mol. The zero-order valence-corrected chi connectivity index (χ0v) is 12.8. The molecule has 6 heteroatoms. The number of hydrogen-bond acceptors (Lipinski definition) is 4. The van der Waals surface area contributed by atoms with E-state index in [-0.39, 0.29) is 5.91 Å². The fourth-order valence-corrected chi connectivity index (χ4v) is 2.04. The summed E-state index contributed by atoms with van der Waals surface area (Å²) >= 11 is 3.36. The normalized spacial score (nSPS) is 11.9. The van der Waals surface area contributed by atoms with E-state index >= 15 is 0 Å². The van der Waals surface area contributed by atoms with Crippen molar-refractivity contribution in [3.63, 3.8) is 0 Å². The van der Waals surface area contributed by atoms with Gasteiger partial charge in [-0.3, -0.25) is 4.79 Å². The Labute approximate surface area is 125 Å². The lowest BCUT2D eigenvalue weighted by molar-refractivity contribution is -0.122. The van der Waals surface area contributed by atoms with Crippen LogP contribution in [0.5, 0.6) is 5.75 Å². The first-order valence-corrected chi connectivity index (χ1v) is 7.04. The molecule has 1 heterocycles. The third kappa shape index (κ3) is 3.84. The average molecular weight is 339 g/mol. The van der Waals surface area contributed by atoms with Gasteiger partial charge in [0.15, 0.2) is 11.9 Å². The Balaban J connectivity index is 2.02. The highest BCUT2D eigenvalue weighted by molar-refractivity contribution is 9.10. The van der Waals surface area contributed by atoms with Crippen molar-refractivity contribution in [2.75, 3.05) is 5.32 Å². The second-order valence-electron chi connectivity index (χ2n) is 4.28. The van der Waals surface area contributed by atoms with Crippen LogP contribution < -0.4 is 10.1 Å². The second kappa shape index (κ2) is 6.56. The van der Waals surface area contributed by atoms with Crippen molar-refractivity contribution < 1.29 is 14.1 Å². The Hall–Kier alpha value is -1.82. The second-order valence-corrected chi connectivity index (χ2v) is 5.20. The topological polar surface area (TPSA) is 64.4 Å². The van der Waals surface area contributed by atoms with Gasteiger partial charge in [0.2, 0.25) is 0 Å². The number of anilines is 1. The minimum atomic E-state index is -0.582. The van der Waals surface area contributed by atoms with Crippen LogP contribution in [-0.2, 0) is 4.79 Å². The van der Waals surface area contributed by atoms with Crippen LogP contribution in [0.1, 0.15) is 19.1 Å². The lowest BCUT2D eigenvalue weighted by atomic mass is 10.2. The van der Waals surface area contributed by atoms with Crippen LogP contribution >= 0.6 is 15.9 Å². The van der Waals surface area contributed by atoms with Gasteiger partial charge in [-0.2, -0.15) is 0 Å². The maximum Gasteiger partial charge on any atom is 0.266 e. The Morgan fingerprint density at radius 2 is 2.30 bits per heavy atom. The van der Waals surface area contributed by atoms with Crippen molar-refractivity contribution in [1.82, 2.24) is 5.16 Å². The Bertz CT molecular complexity index is 598. The number of aryl methyl sites for hydroxylation is 1. The molecule has 1 N–H and O–H groups in total. The van der Waals surface area contributed by atoms with Crippen molar-refractivity contribution >= 4 is 27.7 Å². The number of nitrogens with one attached hydrogen (secondary N) is 1. The highest BCUT2D eigenvalue weighted by Crippen LogP contribution is 2.20. The smallest absolute Gasteiger partial charge is 0.266 e. The molecule has 0 bridgehead atoms. The molecular weight excluding hydrogens is 324 g/mol. The van der Waals surface area contributed by atoms with Crippen molar-refractivity contribution in [1.29, 1.82) is 0 Å². The summed E-state index contributed by atoms with van der Waals surface area (Å²) in [7, 11) is 0. The lowest BCUT2D eigenvalue weighted by Crippen LogP contribution is -2.32. The molecule has 1 aromatic heterocycles. The summed E-state index contributed by atoms with van der Waals surface area (Å²) in [5.41, 5.74) is 0. The summed E-state index contributed by atoms with van der Waals surface area (Å²) in [6.45, 7) is 3.65. The van der Waals surface area contributed by atoms with Crippen LogP contribution in [0.25, 0.3) is 0 Å². The number of hydrogen-bond donors (Lipinski definition) is 1. The number of halogens is 1. The molecule has 2 aromatic rings. The van der Waals surface area contributed by atoms with Gasteiger partial charge in [-0.25, -0.2) is 0 Å². The Kier molecular flexibility index (Phi) is 4.79. The summed E-state index contributed by atoms with van der Waals surface area (Å²) < 4.78 is 11.5. The molecule has 1 aromatic carbocycles. The van der Waals surface area contributed by atoms with Crippen LogP contribution in [0.4, 0.5) is 5.82 Å². The standard InChI is InChI=1S/C14H15BrN2O3/c1-3-12(19-11-6-4-5-10(15)8-11)14(18)16-13-7-9(2)20-17-13/h4-8,12H,3H2,1-2H3,(H,16,17,18). The van der Waals surface area contributed by atoms with E-state index in [0.717, 1.165) is 4.47 Å². The van der Waals surface area contributed by atoms with Crippen LogP contribution in [0, 0.1) is 6.92 Å². The molecule has 1 unspecified atom stereocenters. The molecule has 0 spiro atoms. The van der Waals surface area contributed by atoms with Gasteiger partial charge in [0, 0.05) is 10.5 Å². The van der Waals surface area contributed by atoms with Crippen LogP contribution in [-0.4, -0.2) is 17.2 Å². The summed E-state index contributed by atoms with van der Waals surface area (Å²) in [5.74, 6) is 1.42. The number of carbonyl (C=O) groups is 1. The van der Waals surface area contributed by atoms with Crippen LogP contribution in [0.15, 0.2) is 39.3 Å². The van der Waals surface area contributed by atoms with Crippen LogP contribution in [0.3, 0.4) is 0 Å². The van der Waals surface area contributed by atoms with E-state index in [2.05, 4.69) is 26.4 Å². The molecule has 0 aliphatic carbocycles. The number of nitrogens with zero attached hydrogens (tertiary/aromatic N) is 1. The van der Waals surface area contributed by atoms with Gasteiger partial charge in [-0.1, -0.05) is 34.1 Å². The SMILES string of the molecule is CCC(Oc1cccc(Br)c1)C(=O)Nc1cc(C)on1. The van der Waals surface area contributed by atoms with E-state index in [9.17, 15) is 4.79 Å². The number of benzene rings is 1. The average Bonchev–Trinajstić information content (AvgIpc) is 2.81. The van der Waals surface area contributed by atoms with Gasteiger partial charge in [0.05, 0.1) is 0 Å². The number of rotatable bonds is 5. The van der Waals surface area contributed by atoms with E-state index in [1.165, 1.54) is 0 Å². The third-order valence-electron chi connectivity index (χ3n) is 2.62. The predicted octanol–water partition coefficient (Wildman–Crippen LogP) is 3.54. The van der Waals surface area contributed by atoms with Gasteiger partial charge in [-0.15, -0.1) is 0 Å². The molecule has 0 radical (unpaired) electrons. The summed E-state index contributed by atoms with van der Waals surface area (Å²) in [4.78, 5) is 12.1. The van der Waals surface area contributed by atoms with Crippen molar-refractivity contribution in [3.05, 3.63) is 40.6 Å². The lowest BCUT2D eigenvalue weighted by Gasteiger charge is -2.16. The fraction of sp³-hybridized carbons (Fsp3) is 0.286. The first kappa shape index (κ1) is 14.6. The largest absolute Gasteiger partial charge is 0.481 e. The summed E-state index contributed by atoms with van der Waals surface area (Å²) in [6, 6.07) is 9.03. The quantitative estimate of drug-likeness (QED) is 0.905. The first-order valence-electron chi connectivity index (χ1n) is 6.25. The molecular formula is C14H15BrN2O3. The van der Waals surface area contributed by atoms with E-state index in [1.54, 1.807) is 19.1 Å². The zero-order valence-electron chi connectivity index (χ0n) is 11.2. The summed E-state index contributed by atoms with van der Waals surface area (Å²) in [6.07, 6.45) is -0.0313. The molecule has 1 atom stereocenters. The number of carbonyl (C=O) groups excluding carboxylic acids is 1. The maximum absolute atomic E-state index is 12.1. The molecule has 0 saturated carbocycles. The number of ether oxygens (including phenoxy) is 1. The van der Waals surface area contributed by atoms with E-state index < -0.39 is 6.10 Å². The van der Waals surface area contributed by atoms with E-state index in [4.69, 9.17) is 9.26 Å². The predicted molar refractivity (Wildman–Crippen MR) is 78.7 cm³/mol. The molecule has 2 rings (SSSR count). The maximum atomic E-state index is 12.1. The highest BCUT2D eigenvalue weighted by Gasteiger charge is 2.19. The van der Waals surface area contributed by atoms with Gasteiger partial charge < -0.3 is 14.6 Å². The Morgan fingerprint density at radius 3 is 2.90 bits per heavy atom. The van der Waals surface area contributed by atoms with Crippen LogP contribution in [0.2, 0.25) is 0 Å². The Morgan fingerprint density at radius 1 is 1.50 bits per heavy atom. The first-order chi connectivity index (χ1) is 9.58. The molecule has 0 aliphatic heterocycles. The van der Waals surface area contributed by atoms with Gasteiger partial charge >= 0.3 is 0 Å². The number of amides is 1. The third-order valence-corrected chi connectivity index (χ3v) is 3.11. The van der Waals surface area contributed by atoms with Crippen molar-refractivity contribution in [2.24, 2.45) is 0 Å². The number of aromatic nitrogens is 1. The van der Waals surface area contributed by atoms with E-state index in [1.807, 2.05) is 25.1 Å². The highest BCUT2D eigenvalue weighted by atomic mass is 79.9. The minimum Gasteiger partial charge on any atom is -0.481 e. The summed E-state index contributed by atoms with van der Waals surface area (Å²) in [5, 5.41) is 6.39. The molecule has 106 valence electrons. The zero-order chi connectivity index (χ0) is 14.5. The van der Waals surface area contributed by atoms with Gasteiger partial charge in [0.25, 0.3) is 5.91 Å². The molecule has 1 amide bonds. The molecule has 0 aliphatic rings. The molecule has 5 nitrogen and oxygen atoms in total. The van der Waals surface area contributed by atoms with Gasteiger partial charge in [0.1, 0.15) is 11.5 Å². The molecule has 0 fully saturated rings.